The maximum absolute atomic E-state index is 2.75. The molecule has 0 bridgehead atoms. The molecule has 2 rings (SSSR count). The average molecular weight is 366 g/mol. The van der Waals surface area contributed by atoms with Crippen LogP contribution in [0.2, 0.25) is 0 Å². The molecule has 1 atom stereocenters. The summed E-state index contributed by atoms with van der Waals surface area (Å²) in [4.78, 5) is 2.75. The molecule has 0 radical (unpaired) electrons. The normalized spacial score (nSPS) is 13.6. The van der Waals surface area contributed by atoms with Crippen LogP contribution < -0.4 is 0 Å². The Balaban J connectivity index is 2.20. The van der Waals surface area contributed by atoms with Gasteiger partial charge in [-0.05, 0) is 30.9 Å². The standard InChI is InChI=1S/C26H39N/c1-4-6-8-15-21-26(3,20-7-5-2)27(22-24-16-11-9-12-17-24)23-25-18-13-10-14-19-25/h9-14,16-19H,4-8,15,20-23H2,1-3H3. The lowest BCUT2D eigenvalue weighted by Crippen LogP contribution is -2.45. The summed E-state index contributed by atoms with van der Waals surface area (Å²) in [6.45, 7) is 9.19. The molecule has 0 saturated carbocycles. The lowest BCUT2D eigenvalue weighted by molar-refractivity contribution is 0.0641. The van der Waals surface area contributed by atoms with Gasteiger partial charge in [0.25, 0.3) is 0 Å². The van der Waals surface area contributed by atoms with Crippen LogP contribution in [0.25, 0.3) is 0 Å². The van der Waals surface area contributed by atoms with Crippen LogP contribution in [0.15, 0.2) is 60.7 Å². The van der Waals surface area contributed by atoms with Crippen LogP contribution in [-0.2, 0) is 13.1 Å². The smallest absolute Gasteiger partial charge is 0.0242 e. The molecule has 0 aliphatic carbocycles. The van der Waals surface area contributed by atoms with Gasteiger partial charge in [0, 0.05) is 18.6 Å². The number of hydrogen-bond acceptors (Lipinski definition) is 1. The van der Waals surface area contributed by atoms with E-state index in [2.05, 4.69) is 86.3 Å². The number of unbranched alkanes of at least 4 members (excludes halogenated alkanes) is 4. The van der Waals surface area contributed by atoms with Crippen LogP contribution in [0.4, 0.5) is 0 Å². The molecular formula is C26H39N. The van der Waals surface area contributed by atoms with Gasteiger partial charge >= 0.3 is 0 Å². The summed E-state index contributed by atoms with van der Waals surface area (Å²) in [5.41, 5.74) is 3.10. The zero-order valence-electron chi connectivity index (χ0n) is 17.8. The van der Waals surface area contributed by atoms with Crippen LogP contribution in [0.3, 0.4) is 0 Å². The van der Waals surface area contributed by atoms with Crippen LogP contribution >= 0.6 is 0 Å². The Hall–Kier alpha value is -1.60. The van der Waals surface area contributed by atoms with E-state index in [-0.39, 0.29) is 5.54 Å². The first-order chi connectivity index (χ1) is 13.2. The summed E-state index contributed by atoms with van der Waals surface area (Å²) in [5.74, 6) is 0. The Labute approximate surface area is 167 Å². The third kappa shape index (κ3) is 7.50. The van der Waals surface area contributed by atoms with Crippen molar-refractivity contribution in [1.82, 2.24) is 4.90 Å². The zero-order valence-corrected chi connectivity index (χ0v) is 17.8. The van der Waals surface area contributed by atoms with E-state index >= 15 is 0 Å². The summed E-state index contributed by atoms with van der Waals surface area (Å²) in [7, 11) is 0. The SMILES string of the molecule is CCCCCCC(C)(CCCC)N(Cc1ccccc1)Cc1ccccc1. The topological polar surface area (TPSA) is 3.24 Å². The molecule has 0 saturated heterocycles. The minimum absolute atomic E-state index is 0.259. The van der Waals surface area contributed by atoms with E-state index < -0.39 is 0 Å². The first kappa shape index (κ1) is 21.7. The summed E-state index contributed by atoms with van der Waals surface area (Å²) >= 11 is 0. The van der Waals surface area contributed by atoms with Crippen LogP contribution in [0.1, 0.15) is 83.3 Å². The Bertz CT molecular complexity index is 565. The maximum atomic E-state index is 2.75. The highest BCUT2D eigenvalue weighted by atomic mass is 15.2. The fourth-order valence-electron chi connectivity index (χ4n) is 3.98. The van der Waals surface area contributed by atoms with Crippen LogP contribution in [-0.4, -0.2) is 10.4 Å². The van der Waals surface area contributed by atoms with Crippen LogP contribution in [0, 0.1) is 0 Å². The van der Waals surface area contributed by atoms with Gasteiger partial charge in [0.05, 0.1) is 0 Å². The van der Waals surface area contributed by atoms with Gasteiger partial charge in [0.2, 0.25) is 0 Å². The predicted octanol–water partition coefficient (Wildman–Crippen LogP) is 7.61. The fourth-order valence-corrected chi connectivity index (χ4v) is 3.98. The molecule has 1 heteroatoms. The first-order valence-corrected chi connectivity index (χ1v) is 11.0. The second-order valence-electron chi connectivity index (χ2n) is 8.24. The molecule has 0 fully saturated rings. The molecule has 0 heterocycles. The van der Waals surface area contributed by atoms with Crippen LogP contribution in [0.5, 0.6) is 0 Å². The van der Waals surface area contributed by atoms with E-state index in [0.717, 1.165) is 13.1 Å². The zero-order chi connectivity index (χ0) is 19.4. The minimum Gasteiger partial charge on any atom is -0.289 e. The molecule has 2 aromatic rings. The number of benzene rings is 2. The lowest BCUT2D eigenvalue weighted by Gasteiger charge is -2.42. The average Bonchev–Trinajstić information content (AvgIpc) is 2.71. The predicted molar refractivity (Wildman–Crippen MR) is 119 cm³/mol. The van der Waals surface area contributed by atoms with Crippen molar-refractivity contribution in [2.24, 2.45) is 0 Å². The van der Waals surface area contributed by atoms with E-state index in [9.17, 15) is 0 Å². The van der Waals surface area contributed by atoms with Gasteiger partial charge in [-0.25, -0.2) is 0 Å². The van der Waals surface area contributed by atoms with Gasteiger partial charge in [-0.2, -0.15) is 0 Å². The van der Waals surface area contributed by atoms with E-state index in [4.69, 9.17) is 0 Å². The molecule has 27 heavy (non-hydrogen) atoms. The van der Waals surface area contributed by atoms with Crippen molar-refractivity contribution in [1.29, 1.82) is 0 Å². The van der Waals surface area contributed by atoms with E-state index in [1.807, 2.05) is 0 Å². The Morgan fingerprint density at radius 1 is 0.630 bits per heavy atom. The number of nitrogens with zero attached hydrogens (tertiary/aromatic N) is 1. The van der Waals surface area contributed by atoms with Crippen molar-refractivity contribution >= 4 is 0 Å². The molecule has 0 aromatic heterocycles. The molecule has 148 valence electrons. The van der Waals surface area contributed by atoms with E-state index in [1.54, 1.807) is 0 Å². The summed E-state index contributed by atoms with van der Waals surface area (Å²) < 4.78 is 0. The Kier molecular flexibility index (Phi) is 9.62. The minimum atomic E-state index is 0.259. The second-order valence-corrected chi connectivity index (χ2v) is 8.24. The monoisotopic (exact) mass is 365 g/mol. The second kappa shape index (κ2) is 12.0. The quantitative estimate of drug-likeness (QED) is 0.330. The van der Waals surface area contributed by atoms with Gasteiger partial charge in [-0.15, -0.1) is 0 Å². The molecule has 1 nitrogen and oxygen atoms in total. The summed E-state index contributed by atoms with van der Waals surface area (Å²) in [6.07, 6.45) is 10.5. The molecule has 0 amide bonds. The first-order valence-electron chi connectivity index (χ1n) is 11.0. The molecule has 0 spiro atoms. The Morgan fingerprint density at radius 2 is 1.11 bits per heavy atom. The molecule has 2 aromatic carbocycles. The highest BCUT2D eigenvalue weighted by molar-refractivity contribution is 5.18. The van der Waals surface area contributed by atoms with Gasteiger partial charge in [0.1, 0.15) is 0 Å². The van der Waals surface area contributed by atoms with Crippen molar-refractivity contribution < 1.29 is 0 Å². The van der Waals surface area contributed by atoms with Crippen molar-refractivity contribution in [3.05, 3.63) is 71.8 Å². The molecule has 0 aliphatic rings. The van der Waals surface area contributed by atoms with Crippen molar-refractivity contribution in [2.45, 2.75) is 90.8 Å². The van der Waals surface area contributed by atoms with Crippen molar-refractivity contribution in [2.75, 3.05) is 0 Å². The van der Waals surface area contributed by atoms with E-state index in [1.165, 1.54) is 62.5 Å². The maximum Gasteiger partial charge on any atom is 0.0242 e. The van der Waals surface area contributed by atoms with Crippen molar-refractivity contribution in [3.8, 4) is 0 Å². The van der Waals surface area contributed by atoms with Gasteiger partial charge in [0.15, 0.2) is 0 Å². The van der Waals surface area contributed by atoms with Gasteiger partial charge in [-0.3, -0.25) is 4.90 Å². The van der Waals surface area contributed by atoms with Gasteiger partial charge in [-0.1, -0.05) is 113 Å². The molecular weight excluding hydrogens is 326 g/mol. The Morgan fingerprint density at radius 3 is 1.59 bits per heavy atom. The summed E-state index contributed by atoms with van der Waals surface area (Å²) in [6, 6.07) is 22.0. The third-order valence-electron chi connectivity index (χ3n) is 5.83. The number of rotatable bonds is 13. The lowest BCUT2D eigenvalue weighted by atomic mass is 9.86. The fraction of sp³-hybridized carbons (Fsp3) is 0.538. The number of hydrogen-bond donors (Lipinski definition) is 0. The van der Waals surface area contributed by atoms with Gasteiger partial charge < -0.3 is 0 Å². The largest absolute Gasteiger partial charge is 0.289 e. The molecule has 0 aliphatic heterocycles. The molecule has 1 unspecified atom stereocenters. The van der Waals surface area contributed by atoms with E-state index in [0.29, 0.717) is 0 Å². The highest BCUT2D eigenvalue weighted by Crippen LogP contribution is 2.32. The third-order valence-corrected chi connectivity index (χ3v) is 5.83. The highest BCUT2D eigenvalue weighted by Gasteiger charge is 2.30. The van der Waals surface area contributed by atoms with Crippen molar-refractivity contribution in [3.63, 3.8) is 0 Å². The summed E-state index contributed by atoms with van der Waals surface area (Å²) in [5, 5.41) is 0. The molecule has 0 N–H and O–H groups in total.